The van der Waals surface area contributed by atoms with Crippen LogP contribution in [0.3, 0.4) is 0 Å². The van der Waals surface area contributed by atoms with E-state index in [2.05, 4.69) is 0 Å². The van der Waals surface area contributed by atoms with Crippen molar-refractivity contribution in [1.29, 1.82) is 0 Å². The number of rotatable bonds is 4. The Morgan fingerprint density at radius 1 is 1.29 bits per heavy atom. The molecule has 1 aliphatic heterocycles. The molecule has 1 aromatic carbocycles. The Morgan fingerprint density at radius 3 is 2.62 bits per heavy atom. The summed E-state index contributed by atoms with van der Waals surface area (Å²) in [6.07, 6.45) is 2.58. The maximum Gasteiger partial charge on any atom is 0.410 e. The molecule has 2 fully saturated rings. The Morgan fingerprint density at radius 2 is 2.00 bits per heavy atom. The lowest BCUT2D eigenvalue weighted by atomic mass is 10.0. The lowest BCUT2D eigenvalue weighted by molar-refractivity contribution is -0.138. The molecular formula is C16H19NO4. The average molecular weight is 289 g/mol. The number of carbonyl (C=O) groups excluding carboxylic acids is 1. The Bertz CT molecular complexity index is 538. The van der Waals surface area contributed by atoms with Crippen LogP contribution in [0, 0.1) is 5.41 Å². The second kappa shape index (κ2) is 5.39. The van der Waals surface area contributed by atoms with E-state index in [9.17, 15) is 9.59 Å². The number of nitrogens with zero attached hydrogens (tertiary/aromatic N) is 1. The first-order valence-corrected chi connectivity index (χ1v) is 7.27. The summed E-state index contributed by atoms with van der Waals surface area (Å²) in [5.74, 6) is -0.862. The van der Waals surface area contributed by atoms with Crippen LogP contribution in [0.4, 0.5) is 4.79 Å². The summed E-state index contributed by atoms with van der Waals surface area (Å²) in [5, 5.41) is 8.99. The van der Waals surface area contributed by atoms with Gasteiger partial charge in [-0.25, -0.2) is 4.79 Å². The van der Waals surface area contributed by atoms with Crippen LogP contribution in [0.25, 0.3) is 0 Å². The smallest absolute Gasteiger partial charge is 0.410 e. The van der Waals surface area contributed by atoms with Crippen LogP contribution >= 0.6 is 0 Å². The lowest BCUT2D eigenvalue weighted by Crippen LogP contribution is -2.37. The van der Waals surface area contributed by atoms with Crippen molar-refractivity contribution in [3.63, 3.8) is 0 Å². The predicted octanol–water partition coefficient (Wildman–Crippen LogP) is 2.65. The number of hydrogen-bond acceptors (Lipinski definition) is 3. The zero-order valence-electron chi connectivity index (χ0n) is 11.8. The van der Waals surface area contributed by atoms with Crippen molar-refractivity contribution in [1.82, 2.24) is 4.90 Å². The molecule has 0 bridgehead atoms. The molecule has 1 aromatic rings. The number of carboxylic acid groups (broad SMARTS) is 1. The van der Waals surface area contributed by atoms with Gasteiger partial charge in [0.15, 0.2) is 0 Å². The highest BCUT2D eigenvalue weighted by Gasteiger charge is 2.53. The van der Waals surface area contributed by atoms with Crippen LogP contribution in [-0.2, 0) is 16.1 Å². The van der Waals surface area contributed by atoms with Gasteiger partial charge in [-0.3, -0.25) is 4.79 Å². The Kier molecular flexibility index (Phi) is 3.57. The fourth-order valence-corrected chi connectivity index (χ4v) is 3.10. The Hall–Kier alpha value is -2.04. The normalized spacial score (nSPS) is 22.3. The van der Waals surface area contributed by atoms with Crippen LogP contribution in [0.15, 0.2) is 30.3 Å². The van der Waals surface area contributed by atoms with Crippen LogP contribution in [0.1, 0.15) is 31.2 Å². The Balaban J connectivity index is 1.60. The molecule has 1 N–H and O–H groups in total. The third-order valence-electron chi connectivity index (χ3n) is 4.42. The summed E-state index contributed by atoms with van der Waals surface area (Å²) in [4.78, 5) is 24.8. The lowest BCUT2D eigenvalue weighted by Gasteiger charge is -2.22. The average Bonchev–Trinajstić information content (AvgIpc) is 3.12. The molecule has 112 valence electrons. The van der Waals surface area contributed by atoms with Gasteiger partial charge in [-0.05, 0) is 30.2 Å². The first-order valence-electron chi connectivity index (χ1n) is 7.27. The van der Waals surface area contributed by atoms with E-state index in [0.717, 1.165) is 24.8 Å². The van der Waals surface area contributed by atoms with Gasteiger partial charge in [0.05, 0.1) is 6.42 Å². The maximum atomic E-state index is 12.2. The predicted molar refractivity (Wildman–Crippen MR) is 75.7 cm³/mol. The second-order valence-electron chi connectivity index (χ2n) is 6.12. The highest BCUT2D eigenvalue weighted by Crippen LogP contribution is 2.55. The van der Waals surface area contributed by atoms with Gasteiger partial charge >= 0.3 is 12.1 Å². The van der Waals surface area contributed by atoms with Crippen LogP contribution in [0.2, 0.25) is 0 Å². The molecule has 1 aliphatic carbocycles. The van der Waals surface area contributed by atoms with Gasteiger partial charge in [0.2, 0.25) is 0 Å². The van der Waals surface area contributed by atoms with Crippen LogP contribution in [0.5, 0.6) is 0 Å². The zero-order valence-corrected chi connectivity index (χ0v) is 11.8. The molecule has 1 heterocycles. The largest absolute Gasteiger partial charge is 0.481 e. The highest BCUT2D eigenvalue weighted by molar-refractivity contribution is 5.72. The minimum absolute atomic E-state index is 0.00217. The first kappa shape index (κ1) is 13.9. The molecule has 0 radical (unpaired) electrons. The van der Waals surface area contributed by atoms with Gasteiger partial charge in [0.25, 0.3) is 0 Å². The number of carbonyl (C=O) groups is 2. The van der Waals surface area contributed by atoms with Crippen molar-refractivity contribution in [3.05, 3.63) is 35.9 Å². The van der Waals surface area contributed by atoms with E-state index in [1.165, 1.54) is 0 Å². The molecule has 5 heteroatoms. The third-order valence-corrected chi connectivity index (χ3v) is 4.42. The molecule has 1 saturated carbocycles. The minimum atomic E-state index is -0.862. The first-order chi connectivity index (χ1) is 10.1. The van der Waals surface area contributed by atoms with E-state index < -0.39 is 12.1 Å². The summed E-state index contributed by atoms with van der Waals surface area (Å²) in [6, 6.07) is 9.26. The van der Waals surface area contributed by atoms with E-state index in [-0.39, 0.29) is 24.5 Å². The fraction of sp³-hybridized carbons (Fsp3) is 0.500. The SMILES string of the molecule is O=C(O)C[C@@H]1CC2(CC2)CN1C(=O)OCc1ccccc1. The van der Waals surface area contributed by atoms with E-state index in [1.807, 2.05) is 30.3 Å². The number of carboxylic acids is 1. The van der Waals surface area contributed by atoms with Crippen LogP contribution in [-0.4, -0.2) is 34.7 Å². The minimum Gasteiger partial charge on any atom is -0.481 e. The van der Waals surface area contributed by atoms with Gasteiger partial charge in [0.1, 0.15) is 6.61 Å². The maximum absolute atomic E-state index is 12.2. The number of benzene rings is 1. The third kappa shape index (κ3) is 3.17. The summed E-state index contributed by atoms with van der Waals surface area (Å²) >= 11 is 0. The number of hydrogen-bond donors (Lipinski definition) is 1. The Labute approximate surface area is 123 Å². The van der Waals surface area contributed by atoms with Crippen molar-refractivity contribution in [2.45, 2.75) is 38.3 Å². The second-order valence-corrected chi connectivity index (χ2v) is 6.12. The summed E-state index contributed by atoms with van der Waals surface area (Å²) in [7, 11) is 0. The standard InChI is InChI=1S/C16H19NO4/c18-14(19)8-13-9-16(6-7-16)11-17(13)15(20)21-10-12-4-2-1-3-5-12/h1-5,13H,6-11H2,(H,18,19)/t13-/m1/s1. The number of aliphatic carboxylic acids is 1. The zero-order chi connectivity index (χ0) is 14.9. The summed E-state index contributed by atoms with van der Waals surface area (Å²) in [6.45, 7) is 0.863. The van der Waals surface area contributed by atoms with Gasteiger partial charge in [-0.2, -0.15) is 0 Å². The van der Waals surface area contributed by atoms with Gasteiger partial charge in [-0.15, -0.1) is 0 Å². The topological polar surface area (TPSA) is 66.8 Å². The molecule has 1 spiro atoms. The molecular weight excluding hydrogens is 270 g/mol. The molecule has 1 atom stereocenters. The van der Waals surface area contributed by atoms with Crippen molar-refractivity contribution in [2.75, 3.05) is 6.54 Å². The number of amides is 1. The van der Waals surface area contributed by atoms with E-state index in [4.69, 9.17) is 9.84 Å². The van der Waals surface area contributed by atoms with Gasteiger partial charge < -0.3 is 14.7 Å². The number of ether oxygens (including phenoxy) is 1. The van der Waals surface area contributed by atoms with E-state index in [1.54, 1.807) is 4.90 Å². The molecule has 2 aliphatic rings. The summed E-state index contributed by atoms with van der Waals surface area (Å²) in [5.41, 5.74) is 1.10. The molecule has 1 saturated heterocycles. The molecule has 0 unspecified atom stereocenters. The molecule has 0 aromatic heterocycles. The molecule has 5 nitrogen and oxygen atoms in total. The van der Waals surface area contributed by atoms with Gasteiger partial charge in [-0.1, -0.05) is 30.3 Å². The van der Waals surface area contributed by atoms with Crippen molar-refractivity contribution >= 4 is 12.1 Å². The number of likely N-dealkylation sites (tertiary alicyclic amines) is 1. The van der Waals surface area contributed by atoms with E-state index in [0.29, 0.717) is 6.54 Å². The van der Waals surface area contributed by atoms with E-state index >= 15 is 0 Å². The van der Waals surface area contributed by atoms with Gasteiger partial charge in [0, 0.05) is 12.6 Å². The van der Waals surface area contributed by atoms with Crippen molar-refractivity contribution in [2.24, 2.45) is 5.41 Å². The molecule has 3 rings (SSSR count). The fourth-order valence-electron chi connectivity index (χ4n) is 3.10. The summed E-state index contributed by atoms with van der Waals surface area (Å²) < 4.78 is 5.34. The quantitative estimate of drug-likeness (QED) is 0.925. The van der Waals surface area contributed by atoms with Crippen molar-refractivity contribution in [3.8, 4) is 0 Å². The molecule has 21 heavy (non-hydrogen) atoms. The monoisotopic (exact) mass is 289 g/mol. The molecule has 1 amide bonds. The van der Waals surface area contributed by atoms with Crippen molar-refractivity contribution < 1.29 is 19.4 Å². The van der Waals surface area contributed by atoms with Crippen LogP contribution < -0.4 is 0 Å². The highest BCUT2D eigenvalue weighted by atomic mass is 16.6.